The summed E-state index contributed by atoms with van der Waals surface area (Å²) in [5.74, 6) is 12.2. The number of anilines is 4. The zero-order chi connectivity index (χ0) is 74.7. The van der Waals surface area contributed by atoms with Crippen LogP contribution in [0, 0.1) is 23.7 Å². The number of carbonyl (C=O) groups excluding carboxylic acids is 1. The molecule has 8 rings (SSSR count). The first-order valence-corrected chi connectivity index (χ1v) is 39.8. The van der Waals surface area contributed by atoms with Gasteiger partial charge in [0.05, 0.1) is 104 Å². The maximum Gasteiger partial charge on any atom is 1.00 e. The molecule has 0 bridgehead atoms. The number of hydrogen-bond donors (Lipinski definition) is 5. The summed E-state index contributed by atoms with van der Waals surface area (Å²) in [6.07, 6.45) is 0.899. The fourth-order valence-corrected chi connectivity index (χ4v) is 13.1. The van der Waals surface area contributed by atoms with Crippen LogP contribution in [0.5, 0.6) is 11.5 Å². The average Bonchev–Trinajstić information content (AvgIpc) is 1.64. The summed E-state index contributed by atoms with van der Waals surface area (Å²) in [7, 11) is -14.4. The van der Waals surface area contributed by atoms with Gasteiger partial charge in [0.1, 0.15) is 44.3 Å². The molecule has 0 saturated carbocycles. The zero-order valence-electron chi connectivity index (χ0n) is 59.3. The number of alkyl halides is 7. The van der Waals surface area contributed by atoms with Crippen LogP contribution in [0.4, 0.5) is 53.5 Å². The Morgan fingerprint density at radius 3 is 1.38 bits per heavy atom. The van der Waals surface area contributed by atoms with Crippen LogP contribution in [0.3, 0.4) is 0 Å². The van der Waals surface area contributed by atoms with Crippen molar-refractivity contribution in [2.75, 3.05) is 138 Å². The Balaban J connectivity index is 0.000000811. The number of aromatic nitrogens is 2. The number of halogens is 7. The number of nitrogens with one attached hydrogen (secondary N) is 5. The number of piperidine rings is 2. The number of hydrogen-bond acceptors (Lipinski definition) is 22. The molecule has 2 aromatic heterocycles. The van der Waals surface area contributed by atoms with Crippen molar-refractivity contribution < 1.29 is 207 Å². The number of likely N-dealkylation sites (tertiary alicyclic amines) is 1. The van der Waals surface area contributed by atoms with E-state index in [1.807, 2.05) is 12.1 Å². The second-order valence-electron chi connectivity index (χ2n) is 22.6. The molecule has 4 heterocycles. The first kappa shape index (κ1) is 90.9. The van der Waals surface area contributed by atoms with Crippen molar-refractivity contribution in [3.63, 3.8) is 0 Å². The summed E-state index contributed by atoms with van der Waals surface area (Å²) < 4.78 is 226. The van der Waals surface area contributed by atoms with Gasteiger partial charge in [0.25, 0.3) is 16.6 Å². The van der Waals surface area contributed by atoms with Crippen LogP contribution in [-0.4, -0.2) is 204 Å². The van der Waals surface area contributed by atoms with Gasteiger partial charge in [-0.25, -0.2) is 33.7 Å². The molecule has 101 heavy (non-hydrogen) atoms. The molecule has 0 unspecified atom stereocenters. The molecular weight excluding hydrogens is 1500 g/mol. The molecule has 5 N–H and O–H groups in total. The second kappa shape index (κ2) is 43.4. The number of benzene rings is 4. The minimum atomic E-state index is -4.46. The van der Waals surface area contributed by atoms with Gasteiger partial charge in [0, 0.05) is 84.5 Å². The van der Waals surface area contributed by atoms with Crippen molar-refractivity contribution >= 4 is 100 Å². The third-order valence-corrected chi connectivity index (χ3v) is 19.4. The Morgan fingerprint density at radius 2 is 1.02 bits per heavy atom. The van der Waals surface area contributed by atoms with Gasteiger partial charge >= 0.3 is 115 Å². The molecule has 0 spiro atoms. The molecule has 24 nitrogen and oxygen atoms in total. The Bertz CT molecular complexity index is 4380. The summed E-state index contributed by atoms with van der Waals surface area (Å²) >= 11 is 0. The molecule has 2 fully saturated rings. The molecule has 4 aromatic carbocycles. The van der Waals surface area contributed by atoms with Gasteiger partial charge in [0.15, 0.2) is 19.7 Å². The van der Waals surface area contributed by atoms with E-state index >= 15 is 0 Å². The van der Waals surface area contributed by atoms with Crippen LogP contribution in [0.25, 0.3) is 21.8 Å². The van der Waals surface area contributed by atoms with Gasteiger partial charge in [-0.15, -0.1) is 0 Å². The topological polar surface area (TPSA) is 321 Å². The summed E-state index contributed by atoms with van der Waals surface area (Å²) in [6, 6.07) is 23.1. The van der Waals surface area contributed by atoms with E-state index in [-0.39, 0.29) is 182 Å². The SMILES string of the molecule is COc1cc(S(C)(=O)=O)ccc1NCC#Cc1cc2c(NC3CCN(CCCS(C)(=O)=O)CC3)cccc2n1CC(F)(F)F.COc1cc(S(C)(=O)=O)ccc1NCC#Cc1cc2c(NC3CCNCC3)cccc2n1CC(F)(F)F.CS(=O)(=O)CCCOS(C)(=O)=O.O=CO[O-].[2H]CF.[H-].[K+].[K+]. The van der Waals surface area contributed by atoms with E-state index in [9.17, 15) is 72.8 Å². The maximum atomic E-state index is 13.6. The van der Waals surface area contributed by atoms with E-state index in [2.05, 4.69) is 64.2 Å². The normalized spacial score (nSPS) is 14.0. The third-order valence-electron chi connectivity index (χ3n) is 14.6. The van der Waals surface area contributed by atoms with Gasteiger partial charge in [-0.3, -0.25) is 13.4 Å². The average molecular weight is 1580 g/mol. The van der Waals surface area contributed by atoms with Crippen LogP contribution in [0.1, 0.15) is 52.7 Å². The Labute approximate surface area is 674 Å². The van der Waals surface area contributed by atoms with Gasteiger partial charge in [-0.1, -0.05) is 24.0 Å². The van der Waals surface area contributed by atoms with Gasteiger partial charge in [-0.05, 0) is 131 Å². The van der Waals surface area contributed by atoms with E-state index in [0.29, 0.717) is 57.6 Å². The number of nitrogens with zero attached hydrogens (tertiary/aromatic N) is 3. The van der Waals surface area contributed by atoms with Crippen molar-refractivity contribution in [3.8, 4) is 35.2 Å². The standard InChI is InChI=1S/C30H37F3N4O5S2.C26H29F3N4O3S.C5H12O5S2.CH3F.CH2O3.2K.H/c1-42-29-20-24(44(3,40)41)10-11-27(29)34-14-5-7-23-19-25-26(8-4-9-28(25)37(23)21-30(31,32)33)35-22-12-16-36(17-13-22)15-6-18-43(2,38)39;1-36-25-16-20(37(2,34)35)8-9-23(25)31-12-4-5-19-15-21-22(32-18-10-13-30-14-11-18)6-3-7-24(21)33(19)17-26(27,28)29;1-11(6,7)5-3-4-10-12(2,8)9;1-2;2-1-4-3;;;/h4,8-11,19-20,22,34-35H,6,12-18,21H2,1-3H3;3,6-9,15-16,18,30-32H,10-14,17H2,1-2H3;3-5H2,1-2H3;1H3;1,3H;;;/q;;;;;2*+1;-1/p-1/i;;;1D;;;;. The number of carbonyl (C=O) groups is 1. The number of fused-ring (bicyclic) bond motifs is 2. The van der Waals surface area contributed by atoms with E-state index < -0.39 is 82.1 Å². The molecule has 2 aliphatic rings. The number of sulfone groups is 4. The van der Waals surface area contributed by atoms with Crippen LogP contribution in [0.2, 0.25) is 0 Å². The van der Waals surface area contributed by atoms with Crippen LogP contribution in [-0.2, 0) is 76.4 Å². The van der Waals surface area contributed by atoms with Crippen molar-refractivity contribution in [1.29, 1.82) is 0 Å². The first-order valence-electron chi connectivity index (χ1n) is 30.8. The smallest absolute Gasteiger partial charge is 1.00 e. The molecule has 0 atom stereocenters. The first-order chi connectivity index (χ1) is 46.7. The summed E-state index contributed by atoms with van der Waals surface area (Å²) in [6.45, 7) is 1.71. The van der Waals surface area contributed by atoms with E-state index in [0.717, 1.165) is 88.3 Å². The summed E-state index contributed by atoms with van der Waals surface area (Å²) in [5, 5.41) is 26.1. The Morgan fingerprint density at radius 1 is 0.624 bits per heavy atom. The van der Waals surface area contributed by atoms with E-state index in [1.165, 1.54) is 53.9 Å². The van der Waals surface area contributed by atoms with E-state index in [4.69, 9.17) is 20.9 Å². The number of rotatable bonds is 24. The monoisotopic (exact) mass is 1580 g/mol. The summed E-state index contributed by atoms with van der Waals surface area (Å²) in [5.41, 5.74) is 3.90. The maximum absolute atomic E-state index is 13.6. The predicted molar refractivity (Wildman–Crippen MR) is 366 cm³/mol. The second-order valence-corrected chi connectivity index (χ2v) is 32.8. The number of ether oxygens (including phenoxy) is 2. The van der Waals surface area contributed by atoms with Crippen molar-refractivity contribution in [1.82, 2.24) is 19.4 Å². The van der Waals surface area contributed by atoms with Crippen molar-refractivity contribution in [2.24, 2.45) is 0 Å². The molecule has 38 heteroatoms. The third kappa shape index (κ3) is 34.2. The van der Waals surface area contributed by atoms with Gasteiger partial charge in [-0.2, -0.15) is 34.8 Å². The molecule has 552 valence electrons. The molecule has 0 radical (unpaired) electrons. The fourth-order valence-electron chi connectivity index (χ4n) is 10.2. The fraction of sp³-hybridized carbons (Fsp3) is 0.476. The largest absolute Gasteiger partial charge is 1.00 e. The van der Waals surface area contributed by atoms with Crippen LogP contribution in [0.15, 0.2) is 94.7 Å². The minimum Gasteiger partial charge on any atom is -1.00 e. The van der Waals surface area contributed by atoms with Gasteiger partial charge in [0.2, 0.25) is 0 Å². The quantitative estimate of drug-likeness (QED) is 0.00830. The van der Waals surface area contributed by atoms with Crippen LogP contribution >= 0.6 is 0 Å². The predicted octanol–water partition coefficient (Wildman–Crippen LogP) is 1.17. The van der Waals surface area contributed by atoms with Crippen LogP contribution < -0.4 is 144 Å². The van der Waals surface area contributed by atoms with Gasteiger partial charge < -0.3 is 61.7 Å². The molecule has 6 aromatic rings. The molecular formula is C63H83F7K2N8O16S5. The number of methoxy groups -OCH3 is 2. The minimum absolute atomic E-state index is 0. The molecule has 2 saturated heterocycles. The molecule has 2 aliphatic heterocycles. The van der Waals surface area contributed by atoms with Crippen molar-refractivity contribution in [3.05, 3.63) is 96.3 Å². The molecule has 0 aliphatic carbocycles. The van der Waals surface area contributed by atoms with E-state index in [1.54, 1.807) is 48.5 Å². The molecule has 0 amide bonds. The van der Waals surface area contributed by atoms with Crippen molar-refractivity contribution in [2.45, 2.75) is 85.8 Å². The Hall–Kier alpha value is -4.28. The summed E-state index contributed by atoms with van der Waals surface area (Å²) in [4.78, 5) is 13.7. The Kier molecular flexibility index (Phi) is 39.0. The zero-order valence-corrected chi connectivity index (χ0v) is 67.6.